The van der Waals surface area contributed by atoms with E-state index in [1.165, 1.54) is 6.07 Å². The number of carbonyl (C=O) groups excluding carboxylic acids is 3. The topological polar surface area (TPSA) is 119 Å². The molecule has 3 unspecified atom stereocenters. The molecular formula is C30H31FN4O5. The number of nitrogens with one attached hydrogen (secondary N) is 2. The smallest absolute Gasteiger partial charge is 0.313 e. The number of aromatic nitrogens is 2. The Morgan fingerprint density at radius 2 is 2.08 bits per heavy atom. The number of cyclic esters (lactones) is 1. The third kappa shape index (κ3) is 3.88. The van der Waals surface area contributed by atoms with Gasteiger partial charge >= 0.3 is 5.97 Å². The molecule has 6 rings (SSSR count). The Morgan fingerprint density at radius 3 is 2.80 bits per heavy atom. The van der Waals surface area contributed by atoms with Crippen LogP contribution < -0.4 is 16.2 Å². The minimum Gasteiger partial charge on any atom is -0.460 e. The largest absolute Gasteiger partial charge is 0.460 e. The van der Waals surface area contributed by atoms with Crippen molar-refractivity contribution >= 4 is 29.1 Å². The Hall–Kier alpha value is -3.92. The first kappa shape index (κ1) is 26.3. The quantitative estimate of drug-likeness (QED) is 0.270. The molecule has 0 saturated heterocycles. The average Bonchev–Trinajstić information content (AvgIpc) is 3.31. The number of hydrogen-bond acceptors (Lipinski definition) is 7. The molecule has 2 aromatic heterocycles. The van der Waals surface area contributed by atoms with Gasteiger partial charge in [-0.1, -0.05) is 6.92 Å². The molecule has 3 aliphatic rings. The number of likely N-dealkylation sites (N-methyl/N-ethyl adjacent to an activating group) is 1. The summed E-state index contributed by atoms with van der Waals surface area (Å²) in [6, 6.07) is 2.36. The highest BCUT2D eigenvalue weighted by molar-refractivity contribution is 5.94. The van der Waals surface area contributed by atoms with Gasteiger partial charge in [0, 0.05) is 23.4 Å². The van der Waals surface area contributed by atoms with Crippen LogP contribution in [0.1, 0.15) is 77.9 Å². The van der Waals surface area contributed by atoms with E-state index < -0.39 is 12.0 Å². The minimum absolute atomic E-state index is 0.0676. The maximum atomic E-state index is 15.1. The number of benzene rings is 1. The van der Waals surface area contributed by atoms with Crippen molar-refractivity contribution in [1.82, 2.24) is 20.2 Å². The number of ether oxygens (including phenoxy) is 1. The Bertz CT molecular complexity index is 1660. The third-order valence-electron chi connectivity index (χ3n) is 8.75. The van der Waals surface area contributed by atoms with Crippen molar-refractivity contribution in [1.29, 1.82) is 0 Å². The van der Waals surface area contributed by atoms with E-state index in [4.69, 9.17) is 9.72 Å². The monoisotopic (exact) mass is 546 g/mol. The first-order valence-electron chi connectivity index (χ1n) is 13.8. The minimum atomic E-state index is -0.540. The number of fused-ring (bicyclic) bond motifs is 5. The van der Waals surface area contributed by atoms with Crippen LogP contribution in [0.25, 0.3) is 22.3 Å². The highest BCUT2D eigenvalue weighted by Crippen LogP contribution is 2.45. The molecule has 0 saturated carbocycles. The molecule has 0 radical (unpaired) electrons. The number of aryl methyl sites for hydroxylation is 1. The summed E-state index contributed by atoms with van der Waals surface area (Å²) in [6.45, 7) is 3.82. The van der Waals surface area contributed by atoms with Crippen LogP contribution in [-0.2, 0) is 38.7 Å². The van der Waals surface area contributed by atoms with Gasteiger partial charge in [0.25, 0.3) is 5.56 Å². The number of amides is 1. The molecule has 3 aromatic rings. The van der Waals surface area contributed by atoms with Crippen molar-refractivity contribution in [3.63, 3.8) is 0 Å². The lowest BCUT2D eigenvalue weighted by molar-refractivity contribution is -0.148. The summed E-state index contributed by atoms with van der Waals surface area (Å²) in [4.78, 5) is 55.3. The lowest BCUT2D eigenvalue weighted by Gasteiger charge is -2.31. The standard InChI is InChI=1S/C30H31FN4O5/c1-4-15-17-10-24-27-18(12-35(24)29(38)19(17)13-40-30(15)39)26-21(34-28(37)22(32-3)6-5-9-36)8-7-16-14(2)20(31)11-23(33-27)25(16)26/h9-11,15,21-22,32H,4-8,12-13H2,1-3H3,(H,34,37). The summed E-state index contributed by atoms with van der Waals surface area (Å²) in [6.07, 6.45) is 3.04. The van der Waals surface area contributed by atoms with Crippen LogP contribution in [0.15, 0.2) is 16.9 Å². The zero-order chi connectivity index (χ0) is 28.3. The zero-order valence-electron chi connectivity index (χ0n) is 22.7. The number of carbonyl (C=O) groups is 3. The Labute approximate surface area is 230 Å². The van der Waals surface area contributed by atoms with E-state index in [-0.39, 0.29) is 48.9 Å². The van der Waals surface area contributed by atoms with E-state index in [1.54, 1.807) is 18.5 Å². The average molecular weight is 547 g/mol. The van der Waals surface area contributed by atoms with E-state index in [9.17, 15) is 19.2 Å². The summed E-state index contributed by atoms with van der Waals surface area (Å²) >= 11 is 0. The van der Waals surface area contributed by atoms with Crippen molar-refractivity contribution in [3.05, 3.63) is 61.7 Å². The second kappa shape index (κ2) is 9.92. The van der Waals surface area contributed by atoms with Crippen LogP contribution in [0.2, 0.25) is 0 Å². The molecule has 208 valence electrons. The predicted octanol–water partition coefficient (Wildman–Crippen LogP) is 3.09. The SMILES string of the molecule is CCC1C(=O)OCc2c1cc1n(c2=O)Cc2c-1nc1cc(F)c(C)c3c1c2C(NC(=O)C(CCC=O)NC)CC3. The van der Waals surface area contributed by atoms with Crippen LogP contribution in [0.5, 0.6) is 0 Å². The maximum Gasteiger partial charge on any atom is 0.313 e. The van der Waals surface area contributed by atoms with Gasteiger partial charge in [0.2, 0.25) is 5.91 Å². The molecule has 1 aliphatic carbocycles. The molecule has 2 N–H and O–H groups in total. The van der Waals surface area contributed by atoms with Crippen molar-refractivity contribution in [2.75, 3.05) is 7.05 Å². The molecule has 0 fully saturated rings. The van der Waals surface area contributed by atoms with Crippen molar-refractivity contribution in [2.24, 2.45) is 0 Å². The van der Waals surface area contributed by atoms with Gasteiger partial charge in [-0.05, 0) is 68.0 Å². The van der Waals surface area contributed by atoms with Gasteiger partial charge in [-0.15, -0.1) is 0 Å². The fraction of sp³-hybridized carbons (Fsp3) is 0.433. The van der Waals surface area contributed by atoms with Gasteiger partial charge in [0.1, 0.15) is 18.7 Å². The van der Waals surface area contributed by atoms with Crippen LogP contribution in [-0.4, -0.2) is 40.8 Å². The molecule has 2 aliphatic heterocycles. The molecule has 0 bridgehead atoms. The van der Waals surface area contributed by atoms with Crippen LogP contribution in [0.4, 0.5) is 4.39 Å². The second-order valence-corrected chi connectivity index (χ2v) is 10.8. The second-order valence-electron chi connectivity index (χ2n) is 10.8. The normalized spacial score (nSPS) is 19.4. The maximum absolute atomic E-state index is 15.1. The van der Waals surface area contributed by atoms with Gasteiger partial charge in [0.15, 0.2) is 0 Å². The summed E-state index contributed by atoms with van der Waals surface area (Å²) in [5, 5.41) is 6.98. The van der Waals surface area contributed by atoms with Crippen molar-refractivity contribution < 1.29 is 23.5 Å². The summed E-state index contributed by atoms with van der Waals surface area (Å²) in [7, 11) is 1.68. The molecule has 1 amide bonds. The number of aldehydes is 1. The zero-order valence-corrected chi connectivity index (χ0v) is 22.7. The van der Waals surface area contributed by atoms with Crippen molar-refractivity contribution in [2.45, 2.75) is 77.1 Å². The summed E-state index contributed by atoms with van der Waals surface area (Å²) in [5.74, 6) is -1.45. The lowest BCUT2D eigenvalue weighted by Crippen LogP contribution is -2.44. The molecule has 40 heavy (non-hydrogen) atoms. The Kier molecular flexibility index (Phi) is 6.53. The van der Waals surface area contributed by atoms with Gasteiger partial charge in [0.05, 0.1) is 47.0 Å². The summed E-state index contributed by atoms with van der Waals surface area (Å²) < 4.78 is 22.0. The first-order chi connectivity index (χ1) is 19.3. The number of esters is 1. The number of nitrogens with zero attached hydrogens (tertiary/aromatic N) is 2. The molecule has 9 nitrogen and oxygen atoms in total. The highest BCUT2D eigenvalue weighted by atomic mass is 19.1. The van der Waals surface area contributed by atoms with Crippen molar-refractivity contribution in [3.8, 4) is 11.4 Å². The fourth-order valence-corrected chi connectivity index (χ4v) is 6.63. The van der Waals surface area contributed by atoms with E-state index >= 15 is 4.39 Å². The van der Waals surface area contributed by atoms with Gasteiger partial charge < -0.3 is 24.7 Å². The van der Waals surface area contributed by atoms with E-state index in [2.05, 4.69) is 10.6 Å². The van der Waals surface area contributed by atoms with E-state index in [0.717, 1.165) is 28.4 Å². The molecule has 1 aromatic carbocycles. The number of halogens is 1. The number of hydrogen-bond donors (Lipinski definition) is 2. The van der Waals surface area contributed by atoms with E-state index in [0.29, 0.717) is 59.3 Å². The molecule has 10 heteroatoms. The van der Waals surface area contributed by atoms with E-state index in [1.807, 2.05) is 13.0 Å². The molecule has 0 spiro atoms. The molecule has 3 atom stereocenters. The van der Waals surface area contributed by atoms with Crippen LogP contribution >= 0.6 is 0 Å². The molecule has 4 heterocycles. The third-order valence-corrected chi connectivity index (χ3v) is 8.75. The van der Waals surface area contributed by atoms with Gasteiger partial charge in [-0.2, -0.15) is 0 Å². The highest BCUT2D eigenvalue weighted by Gasteiger charge is 2.38. The van der Waals surface area contributed by atoms with Crippen LogP contribution in [0, 0.1) is 12.7 Å². The lowest BCUT2D eigenvalue weighted by atomic mass is 9.81. The Morgan fingerprint density at radius 1 is 1.27 bits per heavy atom. The van der Waals surface area contributed by atoms with Gasteiger partial charge in [-0.25, -0.2) is 9.37 Å². The fourth-order valence-electron chi connectivity index (χ4n) is 6.63. The van der Waals surface area contributed by atoms with Crippen LogP contribution in [0.3, 0.4) is 0 Å². The number of pyridine rings is 2. The molecular weight excluding hydrogens is 515 g/mol. The summed E-state index contributed by atoms with van der Waals surface area (Å²) in [5.41, 5.74) is 5.62. The Balaban J connectivity index is 1.54. The first-order valence-corrected chi connectivity index (χ1v) is 13.8. The predicted molar refractivity (Wildman–Crippen MR) is 145 cm³/mol. The van der Waals surface area contributed by atoms with Gasteiger partial charge in [-0.3, -0.25) is 14.4 Å². The number of rotatable bonds is 7.